The van der Waals surface area contributed by atoms with Crippen LogP contribution in [0.1, 0.15) is 22.9 Å². The lowest BCUT2D eigenvalue weighted by molar-refractivity contribution is 1.05. The van der Waals surface area contributed by atoms with Gasteiger partial charge in [-0.15, -0.1) is 11.3 Å². The van der Waals surface area contributed by atoms with Crippen LogP contribution in [-0.4, -0.2) is 9.97 Å². The van der Waals surface area contributed by atoms with Gasteiger partial charge in [0, 0.05) is 10.4 Å². The number of anilines is 2. The number of nitrogen functional groups attached to an aromatic ring is 1. The molecule has 0 amide bonds. The highest BCUT2D eigenvalue weighted by Crippen LogP contribution is 2.20. The zero-order chi connectivity index (χ0) is 12.3. The van der Waals surface area contributed by atoms with Crippen molar-refractivity contribution < 1.29 is 0 Å². The lowest BCUT2D eigenvalue weighted by Crippen LogP contribution is -2.06. The molecule has 0 radical (unpaired) electrons. The molecule has 0 unspecified atom stereocenters. The van der Waals surface area contributed by atoms with Crippen LogP contribution >= 0.6 is 11.3 Å². The molecule has 0 aromatic carbocycles. The van der Waals surface area contributed by atoms with E-state index in [0.29, 0.717) is 5.82 Å². The molecule has 0 bridgehead atoms. The first-order valence-corrected chi connectivity index (χ1v) is 6.46. The standard InChI is InChI=1S/C12H16N4S/c1-3-9-4-5-17-10(9)6-14-12-8(2)11(13)15-7-16-12/h4-5,7H,3,6H2,1-2H3,(H3,13,14,15,16). The van der Waals surface area contributed by atoms with Crippen LogP contribution in [0.25, 0.3) is 0 Å². The maximum atomic E-state index is 5.74. The summed E-state index contributed by atoms with van der Waals surface area (Å²) in [6.07, 6.45) is 2.55. The molecule has 0 saturated heterocycles. The first-order valence-electron chi connectivity index (χ1n) is 5.58. The van der Waals surface area contributed by atoms with Gasteiger partial charge in [0.05, 0.1) is 6.54 Å². The number of nitrogens with two attached hydrogens (primary N) is 1. The summed E-state index contributed by atoms with van der Waals surface area (Å²) in [7, 11) is 0. The van der Waals surface area contributed by atoms with Crippen LogP contribution in [0.4, 0.5) is 11.6 Å². The number of aromatic nitrogens is 2. The third-order valence-electron chi connectivity index (χ3n) is 2.76. The van der Waals surface area contributed by atoms with Crippen molar-refractivity contribution >= 4 is 23.0 Å². The smallest absolute Gasteiger partial charge is 0.134 e. The highest BCUT2D eigenvalue weighted by Gasteiger charge is 2.06. The number of rotatable bonds is 4. The van der Waals surface area contributed by atoms with Gasteiger partial charge in [-0.25, -0.2) is 9.97 Å². The third kappa shape index (κ3) is 2.55. The van der Waals surface area contributed by atoms with Crippen molar-refractivity contribution in [2.24, 2.45) is 0 Å². The van der Waals surface area contributed by atoms with E-state index in [1.54, 1.807) is 11.3 Å². The molecule has 0 aliphatic carbocycles. The Morgan fingerprint density at radius 3 is 3.00 bits per heavy atom. The Labute approximate surface area is 105 Å². The highest BCUT2D eigenvalue weighted by molar-refractivity contribution is 7.10. The van der Waals surface area contributed by atoms with Crippen LogP contribution in [0.15, 0.2) is 17.8 Å². The van der Waals surface area contributed by atoms with Gasteiger partial charge in [-0.05, 0) is 30.4 Å². The van der Waals surface area contributed by atoms with Crippen molar-refractivity contribution in [1.82, 2.24) is 9.97 Å². The molecule has 17 heavy (non-hydrogen) atoms. The Morgan fingerprint density at radius 1 is 1.41 bits per heavy atom. The van der Waals surface area contributed by atoms with Gasteiger partial charge in [-0.1, -0.05) is 6.92 Å². The van der Waals surface area contributed by atoms with E-state index in [-0.39, 0.29) is 0 Å². The van der Waals surface area contributed by atoms with Gasteiger partial charge in [0.15, 0.2) is 0 Å². The number of nitrogens with one attached hydrogen (secondary N) is 1. The summed E-state index contributed by atoms with van der Waals surface area (Å²) in [6.45, 7) is 4.88. The predicted octanol–water partition coefficient (Wildman–Crippen LogP) is 2.60. The van der Waals surface area contributed by atoms with Gasteiger partial charge in [0.1, 0.15) is 18.0 Å². The Balaban J connectivity index is 2.10. The predicted molar refractivity (Wildman–Crippen MR) is 72.2 cm³/mol. The number of nitrogens with zero attached hydrogens (tertiary/aromatic N) is 2. The molecule has 2 aromatic rings. The van der Waals surface area contributed by atoms with Crippen LogP contribution in [0.5, 0.6) is 0 Å². The van der Waals surface area contributed by atoms with E-state index in [4.69, 9.17) is 5.73 Å². The summed E-state index contributed by atoms with van der Waals surface area (Å²) in [5, 5.41) is 5.43. The Kier molecular flexibility index (Phi) is 3.58. The van der Waals surface area contributed by atoms with Crippen molar-refractivity contribution in [1.29, 1.82) is 0 Å². The Bertz CT molecular complexity index is 507. The first-order chi connectivity index (χ1) is 8.22. The molecule has 5 heteroatoms. The second kappa shape index (κ2) is 5.14. The summed E-state index contributed by atoms with van der Waals surface area (Å²) < 4.78 is 0. The summed E-state index contributed by atoms with van der Waals surface area (Å²) in [5.41, 5.74) is 8.03. The third-order valence-corrected chi connectivity index (χ3v) is 3.72. The monoisotopic (exact) mass is 248 g/mol. The molecule has 0 aliphatic rings. The van der Waals surface area contributed by atoms with Crippen LogP contribution in [-0.2, 0) is 13.0 Å². The molecule has 0 fully saturated rings. The van der Waals surface area contributed by atoms with Crippen molar-refractivity contribution in [2.45, 2.75) is 26.8 Å². The summed E-state index contributed by atoms with van der Waals surface area (Å²) in [4.78, 5) is 9.49. The van der Waals surface area contributed by atoms with Crippen molar-refractivity contribution in [3.63, 3.8) is 0 Å². The molecule has 0 atom stereocenters. The average Bonchev–Trinajstić information content (AvgIpc) is 2.78. The molecule has 2 rings (SSSR count). The molecular weight excluding hydrogens is 232 g/mol. The minimum absolute atomic E-state index is 0.532. The molecular formula is C12H16N4S. The Morgan fingerprint density at radius 2 is 2.24 bits per heavy atom. The van der Waals surface area contributed by atoms with Crippen LogP contribution in [0.2, 0.25) is 0 Å². The average molecular weight is 248 g/mol. The fraction of sp³-hybridized carbons (Fsp3) is 0.333. The minimum atomic E-state index is 0.532. The number of aryl methyl sites for hydroxylation is 1. The van der Waals surface area contributed by atoms with E-state index in [1.165, 1.54) is 16.8 Å². The van der Waals surface area contributed by atoms with Gasteiger partial charge in [-0.3, -0.25) is 0 Å². The van der Waals surface area contributed by atoms with E-state index in [2.05, 4.69) is 33.7 Å². The molecule has 2 aromatic heterocycles. The zero-order valence-corrected chi connectivity index (χ0v) is 10.8. The molecule has 0 saturated carbocycles. The molecule has 90 valence electrons. The quantitative estimate of drug-likeness (QED) is 0.873. The van der Waals surface area contributed by atoms with Crippen LogP contribution in [0, 0.1) is 6.92 Å². The van der Waals surface area contributed by atoms with E-state index < -0.39 is 0 Å². The van der Waals surface area contributed by atoms with Gasteiger partial charge >= 0.3 is 0 Å². The van der Waals surface area contributed by atoms with Crippen LogP contribution in [0.3, 0.4) is 0 Å². The fourth-order valence-corrected chi connectivity index (χ4v) is 2.56. The highest BCUT2D eigenvalue weighted by atomic mass is 32.1. The molecule has 0 spiro atoms. The summed E-state index contributed by atoms with van der Waals surface area (Å²) in [6, 6.07) is 2.17. The molecule has 2 heterocycles. The number of hydrogen-bond acceptors (Lipinski definition) is 5. The van der Waals surface area contributed by atoms with Crippen LogP contribution < -0.4 is 11.1 Å². The van der Waals surface area contributed by atoms with E-state index >= 15 is 0 Å². The normalized spacial score (nSPS) is 10.5. The molecule has 0 aliphatic heterocycles. The number of thiophene rings is 1. The van der Waals surface area contributed by atoms with Gasteiger partial charge in [0.25, 0.3) is 0 Å². The zero-order valence-electron chi connectivity index (χ0n) is 10.0. The summed E-state index contributed by atoms with van der Waals surface area (Å²) >= 11 is 1.77. The minimum Gasteiger partial charge on any atom is -0.383 e. The molecule has 4 nitrogen and oxygen atoms in total. The van der Waals surface area contributed by atoms with Gasteiger partial charge in [-0.2, -0.15) is 0 Å². The lowest BCUT2D eigenvalue weighted by atomic mass is 10.2. The Hall–Kier alpha value is -1.62. The van der Waals surface area contributed by atoms with Gasteiger partial charge in [0.2, 0.25) is 0 Å². The second-order valence-corrected chi connectivity index (χ2v) is 4.81. The molecule has 3 N–H and O–H groups in total. The number of hydrogen-bond donors (Lipinski definition) is 2. The maximum absolute atomic E-state index is 5.74. The lowest BCUT2D eigenvalue weighted by Gasteiger charge is -2.09. The second-order valence-electron chi connectivity index (χ2n) is 3.81. The SMILES string of the molecule is CCc1ccsc1CNc1ncnc(N)c1C. The van der Waals surface area contributed by atoms with E-state index in [9.17, 15) is 0 Å². The largest absolute Gasteiger partial charge is 0.383 e. The van der Waals surface area contributed by atoms with Crippen molar-refractivity contribution in [3.8, 4) is 0 Å². The van der Waals surface area contributed by atoms with Crippen molar-refractivity contribution in [3.05, 3.63) is 33.8 Å². The first kappa shape index (κ1) is 11.9. The van der Waals surface area contributed by atoms with Gasteiger partial charge < -0.3 is 11.1 Å². The van der Waals surface area contributed by atoms with E-state index in [0.717, 1.165) is 24.3 Å². The van der Waals surface area contributed by atoms with E-state index in [1.807, 2.05) is 6.92 Å². The topological polar surface area (TPSA) is 63.8 Å². The maximum Gasteiger partial charge on any atom is 0.134 e. The fourth-order valence-electron chi connectivity index (χ4n) is 1.64. The van der Waals surface area contributed by atoms with Crippen molar-refractivity contribution in [2.75, 3.05) is 11.1 Å². The summed E-state index contributed by atoms with van der Waals surface area (Å²) in [5.74, 6) is 1.34.